The molecule has 1 fully saturated rings. The van der Waals surface area contributed by atoms with E-state index in [0.717, 1.165) is 75.0 Å². The zero-order chi connectivity index (χ0) is 34.1. The molecule has 3 aromatic heterocycles. The van der Waals surface area contributed by atoms with E-state index in [4.69, 9.17) is 31.1 Å². The van der Waals surface area contributed by atoms with Crippen molar-refractivity contribution in [3.05, 3.63) is 100 Å². The molecule has 11 heteroatoms. The number of nitrogens with one attached hydrogen (secondary N) is 2. The Bertz CT molecular complexity index is 2180. The summed E-state index contributed by atoms with van der Waals surface area (Å²) in [5.41, 5.74) is 9.94. The molecule has 7 rings (SSSR count). The van der Waals surface area contributed by atoms with E-state index < -0.39 is 5.97 Å². The maximum atomic E-state index is 10.8. The third kappa shape index (κ3) is 7.00. The molecule has 0 aliphatic carbocycles. The van der Waals surface area contributed by atoms with Crippen LogP contribution in [0.15, 0.2) is 77.5 Å². The monoisotopic (exact) mass is 676 g/mol. The molecule has 10 nitrogen and oxygen atoms in total. The fourth-order valence-electron chi connectivity index (χ4n) is 6.54. The highest BCUT2D eigenvalue weighted by atomic mass is 35.5. The fourth-order valence-corrected chi connectivity index (χ4v) is 6.81. The van der Waals surface area contributed by atoms with Crippen LogP contribution in [0.5, 0.6) is 0 Å². The number of anilines is 2. The topological polar surface area (TPSA) is 137 Å². The van der Waals surface area contributed by atoms with Crippen molar-refractivity contribution < 1.29 is 19.4 Å². The summed E-state index contributed by atoms with van der Waals surface area (Å²) in [5, 5.41) is 26.9. The average Bonchev–Trinajstić information content (AvgIpc) is 3.70. The molecule has 1 aliphatic rings. The highest BCUT2D eigenvalue weighted by Gasteiger charge is 2.21. The Labute approximate surface area is 288 Å². The molecule has 49 heavy (non-hydrogen) atoms. The van der Waals surface area contributed by atoms with Gasteiger partial charge in [0.1, 0.15) is 11.0 Å². The number of rotatable bonds is 11. The molecule has 1 aliphatic heterocycles. The number of hydrogen-bond donors (Lipinski definition) is 4. The number of aromatic nitrogens is 3. The SMILES string of the molecule is Cc1c(Nc2nccc3cc(CN4CCC(O)C4)cnc23)cccc1-c1cccc(-c2nc3cc(CNCCC(=O)O)cc(Cl)c3o2)c1C. The van der Waals surface area contributed by atoms with Gasteiger partial charge < -0.3 is 25.3 Å². The van der Waals surface area contributed by atoms with Crippen LogP contribution in [-0.2, 0) is 17.9 Å². The molecule has 4 heterocycles. The normalized spacial score (nSPS) is 15.0. The summed E-state index contributed by atoms with van der Waals surface area (Å²) in [6, 6.07) is 20.1. The predicted molar refractivity (Wildman–Crippen MR) is 192 cm³/mol. The van der Waals surface area contributed by atoms with E-state index in [1.807, 2.05) is 48.7 Å². The molecule has 0 saturated carbocycles. The second-order valence-corrected chi connectivity index (χ2v) is 13.0. The lowest BCUT2D eigenvalue weighted by Gasteiger charge is -2.17. The molecular weight excluding hydrogens is 640 g/mol. The van der Waals surface area contributed by atoms with E-state index in [0.29, 0.717) is 47.5 Å². The van der Waals surface area contributed by atoms with Crippen LogP contribution >= 0.6 is 11.6 Å². The molecule has 0 bridgehead atoms. The van der Waals surface area contributed by atoms with Crippen molar-refractivity contribution in [2.75, 3.05) is 25.0 Å². The van der Waals surface area contributed by atoms with Crippen LogP contribution in [0.1, 0.15) is 35.1 Å². The summed E-state index contributed by atoms with van der Waals surface area (Å²) in [5.74, 6) is 0.319. The summed E-state index contributed by atoms with van der Waals surface area (Å²) < 4.78 is 6.21. The van der Waals surface area contributed by atoms with Crippen molar-refractivity contribution in [1.29, 1.82) is 0 Å². The van der Waals surface area contributed by atoms with Gasteiger partial charge in [-0.2, -0.15) is 0 Å². The first-order valence-electron chi connectivity index (χ1n) is 16.4. The quantitative estimate of drug-likeness (QED) is 0.104. The van der Waals surface area contributed by atoms with Gasteiger partial charge in [0.15, 0.2) is 11.4 Å². The van der Waals surface area contributed by atoms with Gasteiger partial charge in [-0.05, 0) is 90.0 Å². The van der Waals surface area contributed by atoms with Crippen LogP contribution in [-0.4, -0.2) is 61.8 Å². The number of carboxylic acid groups (broad SMARTS) is 1. The first-order chi connectivity index (χ1) is 23.7. The van der Waals surface area contributed by atoms with Gasteiger partial charge in [-0.25, -0.2) is 9.97 Å². The van der Waals surface area contributed by atoms with Gasteiger partial charge in [-0.1, -0.05) is 35.9 Å². The number of carbonyl (C=O) groups is 1. The van der Waals surface area contributed by atoms with Crippen molar-refractivity contribution in [2.24, 2.45) is 0 Å². The third-order valence-electron chi connectivity index (χ3n) is 9.10. The van der Waals surface area contributed by atoms with Crippen LogP contribution in [0, 0.1) is 13.8 Å². The number of pyridine rings is 2. The maximum Gasteiger partial charge on any atom is 0.304 e. The largest absolute Gasteiger partial charge is 0.481 e. The molecular formula is C38H37ClN6O4. The summed E-state index contributed by atoms with van der Waals surface area (Å²) in [7, 11) is 0. The molecule has 0 amide bonds. The Morgan fingerprint density at radius 3 is 2.61 bits per heavy atom. The van der Waals surface area contributed by atoms with Crippen molar-refractivity contribution >= 4 is 51.1 Å². The minimum atomic E-state index is -0.845. The minimum Gasteiger partial charge on any atom is -0.481 e. The first-order valence-corrected chi connectivity index (χ1v) is 16.7. The van der Waals surface area contributed by atoms with Crippen LogP contribution in [0.25, 0.3) is 44.6 Å². The maximum absolute atomic E-state index is 10.8. The number of halogens is 1. The van der Waals surface area contributed by atoms with E-state index >= 15 is 0 Å². The Kier molecular flexibility index (Phi) is 9.29. The molecule has 250 valence electrons. The third-order valence-corrected chi connectivity index (χ3v) is 9.38. The molecule has 1 atom stereocenters. The number of fused-ring (bicyclic) bond motifs is 2. The average molecular weight is 677 g/mol. The van der Waals surface area contributed by atoms with Crippen molar-refractivity contribution in [1.82, 2.24) is 25.2 Å². The Morgan fingerprint density at radius 2 is 1.82 bits per heavy atom. The highest BCUT2D eigenvalue weighted by molar-refractivity contribution is 6.34. The standard InChI is InChI=1S/C38H37ClN6O4/c1-22-28(5-3-7-30(22)38-44-33-17-24(16-31(39)36(33)49-38)18-40-12-10-34(47)48)29-6-4-8-32(23(29)2)43-37-35-26(9-13-41-37)15-25(19-42-35)20-45-14-11-27(46)21-45/h3-9,13,15-17,19,27,40,46H,10-12,14,18,20-21H2,1-2H3,(H,41,43)(H,47,48). The first kappa shape index (κ1) is 32.7. The van der Waals surface area contributed by atoms with Gasteiger partial charge in [-0.3, -0.25) is 14.7 Å². The summed E-state index contributed by atoms with van der Waals surface area (Å²) in [6.45, 7) is 7.33. The van der Waals surface area contributed by atoms with Gasteiger partial charge in [-0.15, -0.1) is 0 Å². The molecule has 4 N–H and O–H groups in total. The number of hydrogen-bond acceptors (Lipinski definition) is 9. The van der Waals surface area contributed by atoms with E-state index in [1.54, 1.807) is 6.20 Å². The zero-order valence-electron chi connectivity index (χ0n) is 27.3. The van der Waals surface area contributed by atoms with Crippen molar-refractivity contribution in [3.8, 4) is 22.6 Å². The van der Waals surface area contributed by atoms with E-state index in [2.05, 4.69) is 52.6 Å². The van der Waals surface area contributed by atoms with E-state index in [-0.39, 0.29) is 12.5 Å². The molecule has 1 saturated heterocycles. The number of likely N-dealkylation sites (tertiary alicyclic amines) is 1. The van der Waals surface area contributed by atoms with Crippen molar-refractivity contribution in [3.63, 3.8) is 0 Å². The van der Waals surface area contributed by atoms with Crippen LogP contribution < -0.4 is 10.6 Å². The predicted octanol–water partition coefficient (Wildman–Crippen LogP) is 7.25. The second-order valence-electron chi connectivity index (χ2n) is 12.6. The highest BCUT2D eigenvalue weighted by Crippen LogP contribution is 2.38. The number of aliphatic hydroxyl groups excluding tert-OH is 1. The number of aliphatic hydroxyl groups is 1. The van der Waals surface area contributed by atoms with E-state index in [9.17, 15) is 9.90 Å². The summed E-state index contributed by atoms with van der Waals surface area (Å²) in [4.78, 5) is 27.3. The number of β-amino-alcohol motifs (C(OH)–C–C–N with tert-alkyl or cyclic N) is 1. The lowest BCUT2D eigenvalue weighted by molar-refractivity contribution is -0.136. The van der Waals surface area contributed by atoms with Gasteiger partial charge in [0.2, 0.25) is 5.89 Å². The molecule has 3 aromatic carbocycles. The van der Waals surface area contributed by atoms with Crippen LogP contribution in [0.2, 0.25) is 5.02 Å². The summed E-state index contributed by atoms with van der Waals surface area (Å²) in [6.07, 6.45) is 4.31. The Morgan fingerprint density at radius 1 is 1.02 bits per heavy atom. The lowest BCUT2D eigenvalue weighted by Crippen LogP contribution is -2.21. The van der Waals surface area contributed by atoms with Gasteiger partial charge in [0.25, 0.3) is 0 Å². The number of carboxylic acids is 1. The number of nitrogens with zero attached hydrogens (tertiary/aromatic N) is 4. The van der Waals surface area contributed by atoms with E-state index in [1.165, 1.54) is 0 Å². The smallest absolute Gasteiger partial charge is 0.304 e. The Balaban J connectivity index is 1.15. The van der Waals surface area contributed by atoms with Crippen molar-refractivity contribution in [2.45, 2.75) is 45.9 Å². The van der Waals surface area contributed by atoms with Gasteiger partial charge in [0, 0.05) is 61.8 Å². The molecule has 1 unspecified atom stereocenters. The fraction of sp³-hybridized carbons (Fsp3) is 0.263. The number of aliphatic carboxylic acids is 1. The van der Waals surface area contributed by atoms with Crippen LogP contribution in [0.4, 0.5) is 11.5 Å². The second kappa shape index (κ2) is 13.9. The minimum absolute atomic E-state index is 0.0444. The lowest BCUT2D eigenvalue weighted by atomic mass is 9.93. The Hall–Kier alpha value is -4.87. The van der Waals surface area contributed by atoms with Crippen LogP contribution in [0.3, 0.4) is 0 Å². The molecule has 0 radical (unpaired) electrons. The molecule has 0 spiro atoms. The zero-order valence-corrected chi connectivity index (χ0v) is 28.1. The summed E-state index contributed by atoms with van der Waals surface area (Å²) >= 11 is 6.60. The number of oxazole rings is 1. The van der Waals surface area contributed by atoms with Gasteiger partial charge >= 0.3 is 5.97 Å². The molecule has 6 aromatic rings. The number of benzene rings is 3. The van der Waals surface area contributed by atoms with Gasteiger partial charge in [0.05, 0.1) is 17.5 Å².